The van der Waals surface area contributed by atoms with Gasteiger partial charge in [0.05, 0.1) is 31.0 Å². The molecule has 1 aliphatic heterocycles. The molecule has 0 aliphatic carbocycles. The van der Waals surface area contributed by atoms with E-state index in [0.29, 0.717) is 48.4 Å². The van der Waals surface area contributed by atoms with Crippen LogP contribution in [-0.4, -0.2) is 59.6 Å². The highest BCUT2D eigenvalue weighted by Gasteiger charge is 2.21. The Morgan fingerprint density at radius 3 is 2.77 bits per heavy atom. The second kappa shape index (κ2) is 14.0. The van der Waals surface area contributed by atoms with Crippen molar-refractivity contribution in [2.45, 2.75) is 32.6 Å². The summed E-state index contributed by atoms with van der Waals surface area (Å²) in [5.41, 5.74) is 2.10. The molecule has 206 valence electrons. The predicted octanol–water partition coefficient (Wildman–Crippen LogP) is 5.69. The van der Waals surface area contributed by atoms with Gasteiger partial charge in [-0.25, -0.2) is 9.97 Å². The van der Waals surface area contributed by atoms with Crippen LogP contribution in [0.4, 0.5) is 17.2 Å². The number of aromatic nitrogens is 2. The molecule has 1 aliphatic rings. The van der Waals surface area contributed by atoms with Crippen molar-refractivity contribution in [3.8, 4) is 5.75 Å². The molecule has 0 radical (unpaired) electrons. The van der Waals surface area contributed by atoms with Crippen LogP contribution in [0.25, 0.3) is 10.9 Å². The molecule has 9 nitrogen and oxygen atoms in total. The molecule has 1 amide bonds. The molecule has 1 fully saturated rings. The van der Waals surface area contributed by atoms with E-state index in [0.717, 1.165) is 54.3 Å². The summed E-state index contributed by atoms with van der Waals surface area (Å²) in [7, 11) is 0. The van der Waals surface area contributed by atoms with Gasteiger partial charge in [-0.15, -0.1) is 0 Å². The van der Waals surface area contributed by atoms with Gasteiger partial charge in [0.15, 0.2) is 0 Å². The Balaban J connectivity index is 1.39. The average molecular weight is 597 g/mol. The molecule has 10 heteroatoms. The van der Waals surface area contributed by atoms with E-state index in [9.17, 15) is 9.59 Å². The summed E-state index contributed by atoms with van der Waals surface area (Å²) in [6.07, 6.45) is 6.77. The van der Waals surface area contributed by atoms with Crippen molar-refractivity contribution in [3.05, 3.63) is 59.9 Å². The highest BCUT2D eigenvalue weighted by Crippen LogP contribution is 2.34. The fourth-order valence-corrected chi connectivity index (χ4v) is 5.06. The number of ether oxygens (including phenoxy) is 2. The van der Waals surface area contributed by atoms with Crippen molar-refractivity contribution in [2.75, 3.05) is 43.5 Å². The Hall–Kier alpha value is -3.50. The molecule has 39 heavy (non-hydrogen) atoms. The molecule has 2 heterocycles. The number of benzene rings is 2. The van der Waals surface area contributed by atoms with Gasteiger partial charge < -0.3 is 20.1 Å². The normalized spacial score (nSPS) is 14.1. The van der Waals surface area contributed by atoms with Gasteiger partial charge >= 0.3 is 5.97 Å². The number of carbonyl (C=O) groups excluding carboxylic acids is 2. The number of piperidine rings is 1. The summed E-state index contributed by atoms with van der Waals surface area (Å²) in [6, 6.07) is 11.4. The third-order valence-corrected chi connectivity index (χ3v) is 7.14. The number of carbonyl (C=O) groups is 2. The van der Waals surface area contributed by atoms with Gasteiger partial charge in [-0.2, -0.15) is 0 Å². The number of nitrogens with zero attached hydrogens (tertiary/aromatic N) is 3. The van der Waals surface area contributed by atoms with Gasteiger partial charge in [0.25, 0.3) is 0 Å². The Bertz CT molecular complexity index is 1310. The number of anilines is 3. The topological polar surface area (TPSA) is 106 Å². The molecule has 2 N–H and O–H groups in total. The third kappa shape index (κ3) is 8.24. The van der Waals surface area contributed by atoms with Crippen molar-refractivity contribution in [1.29, 1.82) is 0 Å². The number of esters is 1. The molecule has 2 aromatic carbocycles. The van der Waals surface area contributed by atoms with Crippen LogP contribution >= 0.6 is 15.9 Å². The summed E-state index contributed by atoms with van der Waals surface area (Å²) in [4.78, 5) is 34.9. The number of nitrogens with one attached hydrogen (secondary N) is 2. The van der Waals surface area contributed by atoms with Crippen LogP contribution in [0.3, 0.4) is 0 Å². The maximum Gasteiger partial charge on any atom is 0.320 e. The van der Waals surface area contributed by atoms with Crippen LogP contribution in [0.15, 0.2) is 59.9 Å². The van der Waals surface area contributed by atoms with Crippen LogP contribution in [-0.2, 0) is 14.3 Å². The highest BCUT2D eigenvalue weighted by molar-refractivity contribution is 9.10. The Kier molecular flexibility index (Phi) is 10.3. The number of hydrogen-bond acceptors (Lipinski definition) is 8. The van der Waals surface area contributed by atoms with E-state index in [1.54, 1.807) is 0 Å². The molecule has 0 atom stereocenters. The summed E-state index contributed by atoms with van der Waals surface area (Å²) in [5.74, 6) is 1.29. The third-order valence-electron chi connectivity index (χ3n) is 6.65. The van der Waals surface area contributed by atoms with Gasteiger partial charge in [0, 0.05) is 21.6 Å². The second-order valence-corrected chi connectivity index (χ2v) is 10.3. The van der Waals surface area contributed by atoms with Gasteiger partial charge in [0.1, 0.15) is 17.9 Å². The smallest absolute Gasteiger partial charge is 0.320 e. The highest BCUT2D eigenvalue weighted by atomic mass is 79.9. The fourth-order valence-electron chi connectivity index (χ4n) is 4.66. The maximum atomic E-state index is 12.2. The van der Waals surface area contributed by atoms with E-state index in [-0.39, 0.29) is 11.9 Å². The largest absolute Gasteiger partial charge is 0.491 e. The first kappa shape index (κ1) is 28.5. The number of amides is 1. The van der Waals surface area contributed by atoms with Gasteiger partial charge in [-0.1, -0.05) is 28.6 Å². The minimum Gasteiger partial charge on any atom is -0.491 e. The van der Waals surface area contributed by atoms with Crippen LogP contribution in [0.2, 0.25) is 0 Å². The van der Waals surface area contributed by atoms with Gasteiger partial charge in [-0.3, -0.25) is 14.5 Å². The Morgan fingerprint density at radius 1 is 1.21 bits per heavy atom. The van der Waals surface area contributed by atoms with E-state index >= 15 is 0 Å². The van der Waals surface area contributed by atoms with Gasteiger partial charge in [0.2, 0.25) is 5.91 Å². The molecule has 1 saturated heterocycles. The van der Waals surface area contributed by atoms with E-state index in [1.807, 2.05) is 43.3 Å². The maximum absolute atomic E-state index is 12.2. The SMILES string of the molecule is C=CC(=O)Nc1cc2c(Nc3cccc(Br)c3)ncnc2cc1OCCCC1CCN(CC(=O)OCC)CC1. The lowest BCUT2D eigenvalue weighted by atomic mass is 9.92. The van der Waals surface area contributed by atoms with Crippen LogP contribution in [0, 0.1) is 5.92 Å². The van der Waals surface area contributed by atoms with E-state index in [4.69, 9.17) is 9.47 Å². The lowest BCUT2D eigenvalue weighted by Gasteiger charge is -2.31. The Morgan fingerprint density at radius 2 is 2.03 bits per heavy atom. The molecule has 0 spiro atoms. The number of likely N-dealkylation sites (tertiary alicyclic amines) is 1. The van der Waals surface area contributed by atoms with Crippen LogP contribution in [0.5, 0.6) is 5.75 Å². The van der Waals surface area contributed by atoms with E-state index < -0.39 is 0 Å². The molecular weight excluding hydrogens is 562 g/mol. The first-order valence-electron chi connectivity index (χ1n) is 13.2. The van der Waals surface area contributed by atoms with Gasteiger partial charge in [-0.05, 0) is 82.0 Å². The lowest BCUT2D eigenvalue weighted by Crippen LogP contribution is -2.38. The van der Waals surface area contributed by atoms with Crippen molar-refractivity contribution < 1.29 is 19.1 Å². The summed E-state index contributed by atoms with van der Waals surface area (Å²) >= 11 is 3.49. The lowest BCUT2D eigenvalue weighted by molar-refractivity contribution is -0.144. The second-order valence-electron chi connectivity index (χ2n) is 9.43. The fraction of sp³-hybridized carbons (Fsp3) is 0.379. The number of halogens is 1. The number of hydrogen-bond donors (Lipinski definition) is 2. The van der Waals surface area contributed by atoms with Crippen LogP contribution < -0.4 is 15.4 Å². The summed E-state index contributed by atoms with van der Waals surface area (Å²) in [5, 5.41) is 6.93. The first-order valence-corrected chi connectivity index (χ1v) is 14.0. The van der Waals surface area contributed by atoms with E-state index in [1.165, 1.54) is 12.4 Å². The Labute approximate surface area is 237 Å². The standard InChI is InChI=1S/C29H34BrN5O4/c1-3-27(36)34-25-16-23-24(31-19-32-29(23)33-22-9-5-8-21(30)15-22)17-26(25)39-14-6-7-20-10-12-35(13-11-20)18-28(37)38-4-2/h3,5,8-9,15-17,19-20H,1,4,6-7,10-14,18H2,2H3,(H,34,36)(H,31,32,33). The summed E-state index contributed by atoms with van der Waals surface area (Å²) in [6.45, 7) is 8.50. The molecule has 4 rings (SSSR count). The van der Waals surface area contributed by atoms with Crippen molar-refractivity contribution in [2.24, 2.45) is 5.92 Å². The minimum atomic E-state index is -0.327. The molecular formula is C29H34BrN5O4. The van der Waals surface area contributed by atoms with Crippen molar-refractivity contribution in [1.82, 2.24) is 14.9 Å². The molecule has 1 aromatic heterocycles. The average Bonchev–Trinajstić information content (AvgIpc) is 2.92. The predicted molar refractivity (Wildman–Crippen MR) is 156 cm³/mol. The zero-order valence-electron chi connectivity index (χ0n) is 22.1. The van der Waals surface area contributed by atoms with Crippen molar-refractivity contribution >= 4 is 55.9 Å². The minimum absolute atomic E-state index is 0.152. The molecule has 0 saturated carbocycles. The molecule has 0 unspecified atom stereocenters. The van der Waals surface area contributed by atoms with Crippen molar-refractivity contribution in [3.63, 3.8) is 0 Å². The zero-order chi connectivity index (χ0) is 27.6. The zero-order valence-corrected chi connectivity index (χ0v) is 23.7. The number of fused-ring (bicyclic) bond motifs is 1. The van der Waals surface area contributed by atoms with Crippen LogP contribution in [0.1, 0.15) is 32.6 Å². The molecule has 3 aromatic rings. The monoisotopic (exact) mass is 595 g/mol. The summed E-state index contributed by atoms with van der Waals surface area (Å²) < 4.78 is 12.2. The molecule has 0 bridgehead atoms. The number of rotatable bonds is 12. The van der Waals surface area contributed by atoms with E-state index in [2.05, 4.69) is 48.0 Å². The first-order chi connectivity index (χ1) is 18.9. The quantitative estimate of drug-likeness (QED) is 0.156.